The summed E-state index contributed by atoms with van der Waals surface area (Å²) in [5.74, 6) is 0. The zero-order chi connectivity index (χ0) is 22.1. The first kappa shape index (κ1) is 25.8. The number of rotatable bonds is 3. The first-order valence-corrected chi connectivity index (χ1v) is 10.8. The Bertz CT molecular complexity index is 911. The van der Waals surface area contributed by atoms with E-state index in [1.54, 1.807) is 0 Å². The third-order valence-corrected chi connectivity index (χ3v) is 4.59. The largest absolute Gasteiger partial charge is 0.744 e. The lowest BCUT2D eigenvalue weighted by Crippen LogP contribution is -2.74. The molecule has 0 atom stereocenters. The van der Waals surface area contributed by atoms with Gasteiger partial charge in [0.1, 0.15) is 20.2 Å². The lowest BCUT2D eigenvalue weighted by atomic mass is 10.0. The highest BCUT2D eigenvalue weighted by Gasteiger charge is 2.17. The molecule has 10 nitrogen and oxygen atoms in total. The highest BCUT2D eigenvalue weighted by Crippen LogP contribution is 2.34. The molecule has 12 heteroatoms. The number of benzene rings is 2. The fourth-order valence-electron chi connectivity index (χ4n) is 1.94. The third-order valence-electron chi connectivity index (χ3n) is 2.84. The first-order valence-electron chi connectivity index (χ1n) is 8.02. The van der Waals surface area contributed by atoms with Crippen molar-refractivity contribution in [2.45, 2.75) is 9.79 Å². The summed E-state index contributed by atoms with van der Waals surface area (Å²) < 4.78 is 68.1. The molecule has 8 N–H and O–H groups in total. The molecule has 0 saturated carbocycles. The van der Waals surface area contributed by atoms with Gasteiger partial charge in [-0.25, -0.2) is 16.8 Å². The van der Waals surface area contributed by atoms with E-state index in [2.05, 4.69) is 0 Å². The van der Waals surface area contributed by atoms with E-state index in [1.165, 1.54) is 12.1 Å². The average Bonchev–Trinajstić information content (AvgIpc) is 2.55. The highest BCUT2D eigenvalue weighted by molar-refractivity contribution is 7.86. The smallest absolute Gasteiger partial charge is 0.125 e. The molecule has 158 valence electrons. The summed E-state index contributed by atoms with van der Waals surface area (Å²) in [5, 5.41) is 4.00. The fraction of sp³-hybridized carbons (Fsp3) is 0.250. The molecule has 2 aromatic rings. The molecule has 2 rings (SSSR count). The van der Waals surface area contributed by atoms with Crippen molar-refractivity contribution in [1.29, 1.82) is 0 Å². The molecule has 28 heavy (non-hydrogen) atoms. The van der Waals surface area contributed by atoms with Crippen LogP contribution in [0.5, 0.6) is 0 Å². The van der Waals surface area contributed by atoms with E-state index in [9.17, 15) is 25.9 Å². The molecule has 0 aliphatic heterocycles. The topological polar surface area (TPSA) is 200 Å². The maximum absolute atomic E-state index is 11.3. The summed E-state index contributed by atoms with van der Waals surface area (Å²) in [6, 6.07) is 6.66. The molecule has 0 bridgehead atoms. The summed E-state index contributed by atoms with van der Waals surface area (Å²) in [7, 11) is -1.87. The van der Waals surface area contributed by atoms with Crippen LogP contribution in [0.25, 0.3) is 11.1 Å². The summed E-state index contributed by atoms with van der Waals surface area (Å²) in [6.07, 6.45) is 0. The zero-order valence-corrected chi connectivity index (χ0v) is 17.7. The van der Waals surface area contributed by atoms with Gasteiger partial charge >= 0.3 is 0 Å². The Hall–Kier alpha value is -2.22. The molecule has 0 unspecified atom stereocenters. The predicted octanol–water partition coefficient (Wildman–Crippen LogP) is -2.05. The Balaban J connectivity index is 0.00000108. The summed E-state index contributed by atoms with van der Waals surface area (Å²) >= 11 is 0. The molecular weight excluding hydrogens is 408 g/mol. The SMILES string of the molecule is C[NH2+]C.C[NH2+]C.Nc1ccc(-c2ccc(N)cc2S(=O)(=O)[O-])c(S(=O)(=O)[O-])c1. The van der Waals surface area contributed by atoms with Gasteiger partial charge in [0.25, 0.3) is 0 Å². The molecule has 2 aromatic carbocycles. The minimum absolute atomic E-state index is 0.000139. The normalized spacial score (nSPS) is 10.9. The van der Waals surface area contributed by atoms with Crippen molar-refractivity contribution < 1.29 is 36.6 Å². The van der Waals surface area contributed by atoms with Crippen LogP contribution in [0.2, 0.25) is 0 Å². The number of hydrogen-bond donors (Lipinski definition) is 4. The quantitative estimate of drug-likeness (QED) is 0.312. The van der Waals surface area contributed by atoms with Gasteiger partial charge in [-0.1, -0.05) is 12.1 Å². The Kier molecular flexibility index (Phi) is 10.1. The van der Waals surface area contributed by atoms with Crippen molar-refractivity contribution in [2.75, 3.05) is 39.7 Å². The first-order chi connectivity index (χ1) is 12.8. The van der Waals surface area contributed by atoms with Gasteiger partial charge in [0, 0.05) is 22.5 Å². The van der Waals surface area contributed by atoms with Crippen LogP contribution in [-0.4, -0.2) is 54.1 Å². The average molecular weight is 435 g/mol. The van der Waals surface area contributed by atoms with E-state index in [1.807, 2.05) is 38.8 Å². The Morgan fingerprint density at radius 1 is 0.679 bits per heavy atom. The second-order valence-electron chi connectivity index (χ2n) is 5.57. The van der Waals surface area contributed by atoms with Crippen molar-refractivity contribution in [1.82, 2.24) is 0 Å². The Labute approximate surface area is 165 Å². The number of anilines is 2. The molecule has 0 radical (unpaired) electrons. The van der Waals surface area contributed by atoms with Crippen molar-refractivity contribution in [3.8, 4) is 11.1 Å². The second kappa shape index (κ2) is 10.9. The fourth-order valence-corrected chi connectivity index (χ4v) is 3.39. The van der Waals surface area contributed by atoms with Crippen molar-refractivity contribution in [3.05, 3.63) is 36.4 Å². The van der Waals surface area contributed by atoms with Gasteiger partial charge in [-0.05, 0) is 24.3 Å². The number of nitrogens with two attached hydrogens (primary N) is 4. The molecule has 0 heterocycles. The second-order valence-corrected chi connectivity index (χ2v) is 8.27. The van der Waals surface area contributed by atoms with Gasteiger partial charge in [-0.15, -0.1) is 0 Å². The van der Waals surface area contributed by atoms with Crippen LogP contribution in [0.4, 0.5) is 11.4 Å². The van der Waals surface area contributed by atoms with Crippen LogP contribution in [0.15, 0.2) is 46.2 Å². The Morgan fingerprint density at radius 2 is 0.929 bits per heavy atom. The number of quaternary nitrogens is 2. The van der Waals surface area contributed by atoms with Crippen LogP contribution >= 0.6 is 0 Å². The van der Waals surface area contributed by atoms with E-state index in [0.29, 0.717) is 0 Å². The van der Waals surface area contributed by atoms with E-state index >= 15 is 0 Å². The zero-order valence-electron chi connectivity index (χ0n) is 16.0. The van der Waals surface area contributed by atoms with Crippen LogP contribution in [0.3, 0.4) is 0 Å². The molecule has 0 saturated heterocycles. The summed E-state index contributed by atoms with van der Waals surface area (Å²) in [6.45, 7) is 0. The molecule has 0 amide bonds. The van der Waals surface area contributed by atoms with E-state index in [0.717, 1.165) is 24.3 Å². The number of hydrogen-bond acceptors (Lipinski definition) is 8. The minimum Gasteiger partial charge on any atom is -0.744 e. The van der Waals surface area contributed by atoms with Gasteiger partial charge in [-0.3, -0.25) is 0 Å². The van der Waals surface area contributed by atoms with Crippen molar-refractivity contribution >= 4 is 31.6 Å². The van der Waals surface area contributed by atoms with E-state index in [-0.39, 0.29) is 22.5 Å². The summed E-state index contributed by atoms with van der Waals surface area (Å²) in [4.78, 5) is -1.44. The van der Waals surface area contributed by atoms with Crippen LogP contribution in [0, 0.1) is 0 Å². The van der Waals surface area contributed by atoms with Crippen molar-refractivity contribution in [3.63, 3.8) is 0 Å². The van der Waals surface area contributed by atoms with Gasteiger partial charge < -0.3 is 31.2 Å². The van der Waals surface area contributed by atoms with Crippen LogP contribution in [0.1, 0.15) is 0 Å². The maximum atomic E-state index is 11.3. The van der Waals surface area contributed by atoms with E-state index < -0.39 is 30.0 Å². The van der Waals surface area contributed by atoms with Gasteiger partial charge in [0.05, 0.1) is 38.0 Å². The third kappa shape index (κ3) is 7.80. The predicted molar refractivity (Wildman–Crippen MR) is 104 cm³/mol. The van der Waals surface area contributed by atoms with E-state index in [4.69, 9.17) is 11.5 Å². The Morgan fingerprint density at radius 3 is 1.14 bits per heavy atom. The molecular formula is C16H26N4O6S2. The minimum atomic E-state index is -4.93. The summed E-state index contributed by atoms with van der Waals surface area (Å²) in [5.41, 5.74) is 10.4. The highest BCUT2D eigenvalue weighted by atomic mass is 32.2. The van der Waals surface area contributed by atoms with Gasteiger partial charge in [-0.2, -0.15) is 0 Å². The standard InChI is InChI=1S/C12H12N2O6S2.2C2H7N/c13-7-1-3-9(11(5-7)21(15,16)17)10-4-2-8(14)6-12(10)22(18,19)20;2*1-3-2/h1-6H,13-14H2,(H,15,16,17)(H,18,19,20);2*3H,1-2H3. The molecule has 0 fully saturated rings. The van der Waals surface area contributed by atoms with Crippen LogP contribution in [-0.2, 0) is 20.2 Å². The molecule has 0 aromatic heterocycles. The monoisotopic (exact) mass is 434 g/mol. The number of nitrogen functional groups attached to an aromatic ring is 2. The molecule has 0 aliphatic carbocycles. The maximum Gasteiger partial charge on any atom is 0.125 e. The van der Waals surface area contributed by atoms with Crippen LogP contribution < -0.4 is 22.1 Å². The van der Waals surface area contributed by atoms with Gasteiger partial charge in [0.15, 0.2) is 0 Å². The van der Waals surface area contributed by atoms with Gasteiger partial charge in [0.2, 0.25) is 0 Å². The molecule has 0 aliphatic rings. The lowest BCUT2D eigenvalue weighted by Gasteiger charge is -2.18. The van der Waals surface area contributed by atoms with Crippen molar-refractivity contribution in [2.24, 2.45) is 0 Å². The molecule has 0 spiro atoms. The lowest BCUT2D eigenvalue weighted by molar-refractivity contribution is -0.597.